The fourth-order valence-corrected chi connectivity index (χ4v) is 6.67. The van der Waals surface area contributed by atoms with Gasteiger partial charge in [-0.3, -0.25) is 4.79 Å². The molecule has 0 spiro atoms. The Morgan fingerprint density at radius 2 is 1.57 bits per heavy atom. The summed E-state index contributed by atoms with van der Waals surface area (Å²) in [7, 11) is 0. The van der Waals surface area contributed by atoms with Gasteiger partial charge in [-0.15, -0.1) is 0 Å². The molecule has 1 aromatic rings. The first-order valence-electron chi connectivity index (χ1n) is 14.7. The number of benzene rings is 1. The summed E-state index contributed by atoms with van der Waals surface area (Å²) in [6.45, 7) is 6.50. The Bertz CT molecular complexity index is 894. The van der Waals surface area contributed by atoms with E-state index >= 15 is 0 Å². The molecule has 3 aliphatic carbocycles. The molecule has 0 saturated heterocycles. The number of rotatable bonds is 9. The monoisotopic (exact) mass is 512 g/mol. The first-order valence-corrected chi connectivity index (χ1v) is 14.7. The Labute approximate surface area is 222 Å². The van der Waals surface area contributed by atoms with Crippen molar-refractivity contribution < 1.29 is 23.5 Å². The topological polar surface area (TPSA) is 52.6 Å². The van der Waals surface area contributed by atoms with E-state index in [0.29, 0.717) is 36.8 Å². The number of halogens is 1. The van der Waals surface area contributed by atoms with Crippen LogP contribution in [0.4, 0.5) is 4.39 Å². The fourth-order valence-electron chi connectivity index (χ4n) is 6.67. The van der Waals surface area contributed by atoms with Crippen LogP contribution >= 0.6 is 0 Å². The van der Waals surface area contributed by atoms with Gasteiger partial charge in [0, 0.05) is 6.42 Å². The molecule has 5 heteroatoms. The number of hydrogen-bond donors (Lipinski definition) is 0. The van der Waals surface area contributed by atoms with E-state index in [1.807, 2.05) is 12.1 Å². The number of carbonyl (C=O) groups is 2. The quantitative estimate of drug-likeness (QED) is 0.190. The molecule has 0 radical (unpaired) electrons. The minimum absolute atomic E-state index is 0.0470. The summed E-state index contributed by atoms with van der Waals surface area (Å²) < 4.78 is 25.4. The van der Waals surface area contributed by atoms with Gasteiger partial charge in [-0.05, 0) is 106 Å². The number of unbranched alkanes of at least 4 members (excludes halogenated alkanes) is 2. The summed E-state index contributed by atoms with van der Waals surface area (Å²) in [5.41, 5.74) is 2.87. The highest BCUT2D eigenvalue weighted by molar-refractivity contribution is 5.89. The van der Waals surface area contributed by atoms with E-state index in [0.717, 1.165) is 62.9 Å². The van der Waals surface area contributed by atoms with Crippen LogP contribution in [-0.2, 0) is 14.3 Å². The lowest BCUT2D eigenvalue weighted by molar-refractivity contribution is -0.159. The first kappa shape index (κ1) is 27.9. The molecule has 4 nitrogen and oxygen atoms in total. The number of alkyl halides is 1. The van der Waals surface area contributed by atoms with E-state index in [-0.39, 0.29) is 18.0 Å². The highest BCUT2D eigenvalue weighted by Crippen LogP contribution is 2.43. The molecular formula is C32H45FO4. The molecule has 204 valence electrons. The molecule has 0 heterocycles. The van der Waals surface area contributed by atoms with Crippen molar-refractivity contribution in [2.75, 3.05) is 6.61 Å². The molecule has 3 aliphatic rings. The van der Waals surface area contributed by atoms with Crippen LogP contribution in [0.15, 0.2) is 36.4 Å². The van der Waals surface area contributed by atoms with Gasteiger partial charge >= 0.3 is 11.9 Å². The molecule has 4 rings (SSSR count). The van der Waals surface area contributed by atoms with Crippen molar-refractivity contribution in [1.29, 1.82) is 0 Å². The van der Waals surface area contributed by atoms with Gasteiger partial charge in [0.05, 0.1) is 18.1 Å². The van der Waals surface area contributed by atoms with Crippen molar-refractivity contribution >= 4 is 11.9 Å². The summed E-state index contributed by atoms with van der Waals surface area (Å²) in [5, 5.41) is 0. The van der Waals surface area contributed by atoms with Crippen molar-refractivity contribution in [1.82, 2.24) is 0 Å². The van der Waals surface area contributed by atoms with E-state index in [9.17, 15) is 14.0 Å². The van der Waals surface area contributed by atoms with Crippen LogP contribution in [0, 0.1) is 17.8 Å². The maximum absolute atomic E-state index is 14.3. The molecular weight excluding hydrogens is 467 g/mol. The number of hydrogen-bond acceptors (Lipinski definition) is 4. The van der Waals surface area contributed by atoms with Crippen LogP contribution in [-0.4, -0.2) is 30.8 Å². The van der Waals surface area contributed by atoms with Crippen LogP contribution in [0.25, 0.3) is 0 Å². The summed E-state index contributed by atoms with van der Waals surface area (Å²) in [6, 6.07) is 8.05. The third-order valence-corrected chi connectivity index (χ3v) is 9.07. The third-order valence-electron chi connectivity index (χ3n) is 9.07. The number of esters is 2. The van der Waals surface area contributed by atoms with E-state index < -0.39 is 12.1 Å². The molecule has 1 aromatic carbocycles. The van der Waals surface area contributed by atoms with E-state index in [1.165, 1.54) is 31.2 Å². The molecule has 2 atom stereocenters. The van der Waals surface area contributed by atoms with Gasteiger partial charge in [0.15, 0.2) is 0 Å². The normalized spacial score (nSPS) is 30.5. The lowest BCUT2D eigenvalue weighted by atomic mass is 9.69. The molecule has 3 saturated carbocycles. The van der Waals surface area contributed by atoms with Gasteiger partial charge in [0.2, 0.25) is 0 Å². The molecule has 37 heavy (non-hydrogen) atoms. The van der Waals surface area contributed by atoms with E-state index in [1.54, 1.807) is 0 Å². The Hall–Kier alpha value is -2.17. The second-order valence-corrected chi connectivity index (χ2v) is 11.7. The lowest BCUT2D eigenvalue weighted by Gasteiger charge is -2.38. The number of ether oxygens (including phenoxy) is 2. The predicted octanol–water partition coefficient (Wildman–Crippen LogP) is 8.10. The second kappa shape index (κ2) is 13.6. The van der Waals surface area contributed by atoms with Crippen LogP contribution in [0.3, 0.4) is 0 Å². The number of allylic oxidation sites excluding steroid dienone is 1. The minimum atomic E-state index is -1.14. The lowest BCUT2D eigenvalue weighted by Crippen LogP contribution is -2.35. The smallest absolute Gasteiger partial charge is 0.338 e. The van der Waals surface area contributed by atoms with Crippen molar-refractivity contribution in [3.05, 3.63) is 47.5 Å². The van der Waals surface area contributed by atoms with Gasteiger partial charge in [0.25, 0.3) is 0 Å². The van der Waals surface area contributed by atoms with Crippen molar-refractivity contribution in [2.24, 2.45) is 17.8 Å². The second-order valence-electron chi connectivity index (χ2n) is 11.7. The summed E-state index contributed by atoms with van der Waals surface area (Å²) in [4.78, 5) is 24.8. The minimum Gasteiger partial charge on any atom is -0.462 e. The zero-order valence-electron chi connectivity index (χ0n) is 22.6. The van der Waals surface area contributed by atoms with Crippen molar-refractivity contribution in [2.45, 2.75) is 115 Å². The van der Waals surface area contributed by atoms with Gasteiger partial charge < -0.3 is 9.47 Å². The van der Waals surface area contributed by atoms with Gasteiger partial charge in [-0.25, -0.2) is 9.18 Å². The Morgan fingerprint density at radius 1 is 0.919 bits per heavy atom. The van der Waals surface area contributed by atoms with E-state index in [2.05, 4.69) is 25.6 Å². The summed E-state index contributed by atoms with van der Waals surface area (Å²) >= 11 is 0. The van der Waals surface area contributed by atoms with Crippen molar-refractivity contribution in [3.63, 3.8) is 0 Å². The highest BCUT2D eigenvalue weighted by Gasteiger charge is 2.37. The highest BCUT2D eigenvalue weighted by atomic mass is 19.1. The zero-order valence-corrected chi connectivity index (χ0v) is 22.6. The Balaban J connectivity index is 1.16. The zero-order chi connectivity index (χ0) is 26.2. The average Bonchev–Trinajstić information content (AvgIpc) is 2.91. The van der Waals surface area contributed by atoms with Crippen LogP contribution in [0.5, 0.6) is 0 Å². The Morgan fingerprint density at radius 3 is 2.19 bits per heavy atom. The standard InChI is InChI=1S/C32H45FO4/c1-3-4-5-20-36-31(34)27-13-11-25(12-14-27)23-7-9-24(10-8-23)26-15-17-28(18-16-26)37-32(35)29-19-6-22(2)21-30(29)33/h11-14,23-24,26,28-30H,2-10,15-21H2,1H3. The molecule has 2 unspecified atom stereocenters. The number of carbonyl (C=O) groups excluding carboxylic acids is 2. The van der Waals surface area contributed by atoms with Crippen LogP contribution in [0.1, 0.15) is 119 Å². The predicted molar refractivity (Wildman–Crippen MR) is 144 cm³/mol. The van der Waals surface area contributed by atoms with E-state index in [4.69, 9.17) is 9.47 Å². The molecule has 0 amide bonds. The largest absolute Gasteiger partial charge is 0.462 e. The van der Waals surface area contributed by atoms with Gasteiger partial charge in [-0.2, -0.15) is 0 Å². The molecule has 3 fully saturated rings. The van der Waals surface area contributed by atoms with Crippen molar-refractivity contribution in [3.8, 4) is 0 Å². The van der Waals surface area contributed by atoms with Gasteiger partial charge in [0.1, 0.15) is 12.3 Å². The molecule has 0 bridgehead atoms. The van der Waals surface area contributed by atoms with Crippen LogP contribution in [0.2, 0.25) is 0 Å². The molecule has 0 aliphatic heterocycles. The Kier molecular flexibility index (Phi) is 10.2. The average molecular weight is 513 g/mol. The first-order chi connectivity index (χ1) is 17.9. The molecule has 0 N–H and O–H groups in total. The maximum Gasteiger partial charge on any atom is 0.338 e. The third kappa shape index (κ3) is 7.67. The SMILES string of the molecule is C=C1CCC(C(=O)OC2CCC(C3CCC(c4ccc(C(=O)OCCCCC)cc4)CC3)CC2)C(F)C1. The maximum atomic E-state index is 14.3. The molecule has 0 aromatic heterocycles. The fraction of sp³-hybridized carbons (Fsp3) is 0.688. The summed E-state index contributed by atoms with van der Waals surface area (Å²) in [6.07, 6.45) is 12.3. The van der Waals surface area contributed by atoms with Crippen LogP contribution < -0.4 is 0 Å². The summed E-state index contributed by atoms with van der Waals surface area (Å²) in [5.74, 6) is 0.839. The van der Waals surface area contributed by atoms with Gasteiger partial charge in [-0.1, -0.05) is 44.1 Å².